The number of nitrogens with one attached hydrogen (secondary N) is 1. The van der Waals surface area contributed by atoms with Gasteiger partial charge in [-0.25, -0.2) is 29.9 Å². The summed E-state index contributed by atoms with van der Waals surface area (Å²) in [4.78, 5) is 40.8. The fourth-order valence-corrected chi connectivity index (χ4v) is 8.23. The van der Waals surface area contributed by atoms with Crippen molar-refractivity contribution in [1.29, 1.82) is 5.26 Å². The highest BCUT2D eigenvalue weighted by Crippen LogP contribution is 2.32. The summed E-state index contributed by atoms with van der Waals surface area (Å²) in [6.07, 6.45) is 5.86. The van der Waals surface area contributed by atoms with Crippen LogP contribution in [0, 0.1) is 11.3 Å². The summed E-state index contributed by atoms with van der Waals surface area (Å²) in [5.41, 5.74) is 15.0. The van der Waals surface area contributed by atoms with E-state index in [1.165, 1.54) is 15.8 Å². The van der Waals surface area contributed by atoms with Gasteiger partial charge in [-0.15, -0.1) is 11.3 Å². The van der Waals surface area contributed by atoms with Crippen LogP contribution in [-0.2, 0) is 50.7 Å². The van der Waals surface area contributed by atoms with Crippen molar-refractivity contribution in [2.45, 2.75) is 196 Å². The Hall–Kier alpha value is -7.75. The molecule has 0 spiro atoms. The van der Waals surface area contributed by atoms with Crippen LogP contribution in [-0.4, -0.2) is 62.1 Å². The summed E-state index contributed by atoms with van der Waals surface area (Å²) in [6.45, 7) is 43.8. The van der Waals surface area contributed by atoms with Crippen LogP contribution in [0.3, 0.4) is 0 Å². The van der Waals surface area contributed by atoms with Gasteiger partial charge >= 0.3 is 6.18 Å². The molecular formula is C69H93F3N12O2S. The van der Waals surface area contributed by atoms with Gasteiger partial charge in [0.1, 0.15) is 17.8 Å². The quantitative estimate of drug-likeness (QED) is 0.147. The van der Waals surface area contributed by atoms with Crippen LogP contribution in [0.25, 0.3) is 21.3 Å². The summed E-state index contributed by atoms with van der Waals surface area (Å²) in [5, 5.41) is 18.7. The van der Waals surface area contributed by atoms with Crippen molar-refractivity contribution in [3.05, 3.63) is 184 Å². The number of thiazole rings is 1. The number of alkyl halides is 3. The zero-order valence-corrected chi connectivity index (χ0v) is 56.1. The highest BCUT2D eigenvalue weighted by atomic mass is 32.1. The number of rotatable bonds is 2. The van der Waals surface area contributed by atoms with Gasteiger partial charge in [-0.2, -0.15) is 18.4 Å². The predicted octanol–water partition coefficient (Wildman–Crippen LogP) is 17.1. The number of halogens is 3. The van der Waals surface area contributed by atoms with Gasteiger partial charge in [0.15, 0.2) is 0 Å². The van der Waals surface area contributed by atoms with Gasteiger partial charge in [-0.3, -0.25) is 15.0 Å². The lowest BCUT2D eigenvalue weighted by molar-refractivity contribution is -0.141. The topological polar surface area (TPSA) is 211 Å². The Bertz CT molecular complexity index is 3520. The van der Waals surface area contributed by atoms with Gasteiger partial charge in [0, 0.05) is 91.5 Å². The Morgan fingerprint density at radius 3 is 1.60 bits per heavy atom. The monoisotopic (exact) mass is 1210 g/mol. The summed E-state index contributed by atoms with van der Waals surface area (Å²) in [5.74, 6) is 1.17. The standard InChI is InChI=1S/C11H13NS.C10H12F3N.C10H13N3.C10H12N2.2C10H15NO.C8H13N3/c1-11(2,3)10-12-8-6-4-5-7-9(8)13-10;1-9(2,3)7-5-4-6-8(14-7)10(11,12)13;1-10(2,3)9-8-7(4-5-11-8)12-6-13-9;1-10(2,3)9-6-8(7-11)4-5-12-9;1-10(2,3)8-6-5-7-9(11-8)12-4;1-10(2,3)9-5-4-8(7-12)6-11-9;1-8(2,3)6-4-10-5-7(9)11-6/h4-7H,1-3H3;4-6H,1-3H3;4-6,11H,1-3H3;4-6H,1-3H3;5-7H,1-4H3;4-6,12H,7H2,1-3H3;4-5H,1-3H3,(H2,9,11). The number of aromatic amines is 1. The second kappa shape index (κ2) is 30.7. The molecule has 9 aromatic rings. The number of nitrogens with two attached hydrogens (primary N) is 1. The minimum absolute atomic E-state index is 0.0207. The van der Waals surface area contributed by atoms with E-state index in [1.807, 2.05) is 75.5 Å². The van der Waals surface area contributed by atoms with E-state index in [9.17, 15) is 13.2 Å². The number of anilines is 1. The van der Waals surface area contributed by atoms with Crippen molar-refractivity contribution in [3.63, 3.8) is 0 Å². The molecule has 87 heavy (non-hydrogen) atoms. The molecule has 0 saturated carbocycles. The summed E-state index contributed by atoms with van der Waals surface area (Å²) in [6, 6.07) is 29.6. The van der Waals surface area contributed by atoms with Gasteiger partial charge in [0.25, 0.3) is 0 Å². The Morgan fingerprint density at radius 1 is 0.540 bits per heavy atom. The molecule has 0 bridgehead atoms. The van der Waals surface area contributed by atoms with Gasteiger partial charge in [0.2, 0.25) is 5.88 Å². The van der Waals surface area contributed by atoms with E-state index in [-0.39, 0.29) is 44.5 Å². The fourth-order valence-electron chi connectivity index (χ4n) is 7.20. The second-order valence-electron chi connectivity index (χ2n) is 27.7. The molecule has 0 aliphatic heterocycles. The predicted molar refractivity (Wildman–Crippen MR) is 350 cm³/mol. The molecule has 468 valence electrons. The number of aliphatic hydroxyl groups excluding tert-OH is 1. The lowest BCUT2D eigenvalue weighted by Crippen LogP contribution is -2.17. The number of H-pyrrole nitrogens is 1. The maximum Gasteiger partial charge on any atom is 0.433 e. The molecule has 0 aliphatic carbocycles. The van der Waals surface area contributed by atoms with Crippen molar-refractivity contribution in [3.8, 4) is 11.9 Å². The van der Waals surface area contributed by atoms with E-state index in [4.69, 9.17) is 20.8 Å². The van der Waals surface area contributed by atoms with Crippen molar-refractivity contribution in [2.75, 3.05) is 12.8 Å². The maximum atomic E-state index is 12.3. The normalized spacial score (nSPS) is 11.9. The number of methoxy groups -OCH3 is 1. The lowest BCUT2D eigenvalue weighted by Gasteiger charge is -2.18. The molecule has 0 atom stereocenters. The fraction of sp³-hybridized carbons (Fsp3) is 0.449. The molecule has 0 fully saturated rings. The van der Waals surface area contributed by atoms with Crippen LogP contribution in [0.4, 0.5) is 19.0 Å². The van der Waals surface area contributed by atoms with E-state index >= 15 is 0 Å². The zero-order valence-electron chi connectivity index (χ0n) is 55.3. The van der Waals surface area contributed by atoms with Crippen LogP contribution in [0.5, 0.6) is 5.88 Å². The molecule has 0 amide bonds. The van der Waals surface area contributed by atoms with Gasteiger partial charge in [0.05, 0.1) is 69.2 Å². The molecule has 9 rings (SSSR count). The van der Waals surface area contributed by atoms with E-state index < -0.39 is 11.9 Å². The summed E-state index contributed by atoms with van der Waals surface area (Å²) < 4.78 is 43.2. The molecule has 14 nitrogen and oxygen atoms in total. The molecule has 0 saturated heterocycles. The molecule has 4 N–H and O–H groups in total. The molecule has 18 heteroatoms. The van der Waals surface area contributed by atoms with E-state index in [2.05, 4.69) is 199 Å². The van der Waals surface area contributed by atoms with Crippen LogP contribution in [0.15, 0.2) is 128 Å². The van der Waals surface area contributed by atoms with E-state index in [0.29, 0.717) is 23.0 Å². The number of nitriles is 1. The average Bonchev–Trinajstić information content (AvgIpc) is 2.59. The van der Waals surface area contributed by atoms with Crippen LogP contribution in [0.2, 0.25) is 0 Å². The zero-order chi connectivity index (χ0) is 66.0. The third-order valence-corrected chi connectivity index (χ3v) is 13.8. The first-order valence-corrected chi connectivity index (χ1v) is 29.5. The Labute approximate surface area is 519 Å². The van der Waals surface area contributed by atoms with Crippen LogP contribution in [0.1, 0.15) is 201 Å². The first-order chi connectivity index (χ1) is 40.0. The maximum absolute atomic E-state index is 12.3. The summed E-state index contributed by atoms with van der Waals surface area (Å²) >= 11 is 1.79. The summed E-state index contributed by atoms with van der Waals surface area (Å²) in [7, 11) is 1.63. The number of fused-ring (bicyclic) bond motifs is 2. The number of hydrogen-bond donors (Lipinski definition) is 3. The number of nitrogens with zero attached hydrogens (tertiary/aromatic N) is 10. The van der Waals surface area contributed by atoms with E-state index in [0.717, 1.165) is 56.6 Å². The molecule has 0 radical (unpaired) electrons. The number of benzene rings is 1. The number of aromatic nitrogens is 10. The highest BCUT2D eigenvalue weighted by molar-refractivity contribution is 7.18. The van der Waals surface area contributed by atoms with Gasteiger partial charge < -0.3 is 20.6 Å². The Kier molecular flexibility index (Phi) is 26.0. The smallest absolute Gasteiger partial charge is 0.433 e. The largest absolute Gasteiger partial charge is 0.481 e. The van der Waals surface area contributed by atoms with E-state index in [1.54, 1.807) is 61.7 Å². The van der Waals surface area contributed by atoms with Crippen molar-refractivity contribution < 1.29 is 23.0 Å². The molecule has 8 aromatic heterocycles. The first kappa shape index (κ1) is 73.5. The van der Waals surface area contributed by atoms with Crippen molar-refractivity contribution in [2.24, 2.45) is 0 Å². The number of hydrogen-bond acceptors (Lipinski definition) is 14. The third kappa shape index (κ3) is 24.9. The van der Waals surface area contributed by atoms with Crippen molar-refractivity contribution >= 4 is 38.4 Å². The highest BCUT2D eigenvalue weighted by Gasteiger charge is 2.33. The van der Waals surface area contributed by atoms with Crippen LogP contribution < -0.4 is 10.5 Å². The minimum Gasteiger partial charge on any atom is -0.481 e. The number of ether oxygens (including phenoxy) is 1. The Balaban J connectivity index is 0.000000266. The number of nitrogen functional groups attached to an aromatic ring is 1. The first-order valence-electron chi connectivity index (χ1n) is 28.7. The second-order valence-corrected chi connectivity index (χ2v) is 28.8. The molecule has 0 unspecified atom stereocenters. The SMILES string of the molecule is CC(C)(C)c1cc(C#N)ccn1.CC(C)(C)c1ccc(CO)cn1.CC(C)(C)c1cccc(C(F)(F)F)n1.CC(C)(C)c1cncc(N)n1.CC(C)(C)c1nc2ccccc2s1.CC(C)(C)c1ncnc2cc[nH]c12.COc1cccc(C(C)(C)C)n1. The molecular weight excluding hydrogens is 1120 g/mol. The third-order valence-electron chi connectivity index (χ3n) is 12.4. The molecule has 0 aliphatic rings. The molecule has 1 aromatic carbocycles. The number of aliphatic hydroxyl groups is 1. The van der Waals surface area contributed by atoms with Gasteiger partial charge in [-0.1, -0.05) is 176 Å². The minimum atomic E-state index is -4.36. The Morgan fingerprint density at radius 2 is 1.11 bits per heavy atom. The molecule has 8 heterocycles. The van der Waals surface area contributed by atoms with Gasteiger partial charge in [-0.05, 0) is 60.2 Å². The number of pyridine rings is 4. The van der Waals surface area contributed by atoms with Crippen molar-refractivity contribution in [1.82, 2.24) is 49.8 Å². The average molecular weight is 1210 g/mol. The number of para-hydroxylation sites is 1. The van der Waals surface area contributed by atoms with Crippen LogP contribution >= 0.6 is 11.3 Å². The lowest BCUT2D eigenvalue weighted by atomic mass is 9.91.